The highest BCUT2D eigenvalue weighted by atomic mass is 32.2. The van der Waals surface area contributed by atoms with Crippen LogP contribution >= 0.6 is 0 Å². The molecule has 1 saturated heterocycles. The molecule has 1 atom stereocenters. The lowest BCUT2D eigenvalue weighted by atomic mass is 10.0. The third kappa shape index (κ3) is 2.90. The zero-order chi connectivity index (χ0) is 13.3. The van der Waals surface area contributed by atoms with Crippen LogP contribution in [-0.2, 0) is 9.84 Å². The molecule has 2 rings (SSSR count). The Morgan fingerprint density at radius 1 is 1.33 bits per heavy atom. The first-order valence-corrected chi connectivity index (χ1v) is 7.78. The normalized spacial score (nSPS) is 21.8. The molecule has 98 valence electrons. The fraction of sp³-hybridized carbons (Fsp3) is 0.462. The standard InChI is InChI=1S/C13H17NO3S/c1-9-3-4-10(2)12(7-9)13(15)14-11-5-6-18(16,17)8-11/h3-4,7,11H,5-6,8H2,1-2H3,(H,14,15). The van der Waals surface area contributed by atoms with Crippen LogP contribution < -0.4 is 5.32 Å². The summed E-state index contributed by atoms with van der Waals surface area (Å²) in [7, 11) is -2.96. The van der Waals surface area contributed by atoms with Crippen molar-refractivity contribution >= 4 is 15.7 Å². The zero-order valence-electron chi connectivity index (χ0n) is 10.6. The number of nitrogens with one attached hydrogen (secondary N) is 1. The Hall–Kier alpha value is -1.36. The van der Waals surface area contributed by atoms with E-state index in [1.165, 1.54) is 0 Å². The number of rotatable bonds is 2. The van der Waals surface area contributed by atoms with E-state index in [-0.39, 0.29) is 23.5 Å². The molecule has 1 unspecified atom stereocenters. The van der Waals surface area contributed by atoms with Crippen molar-refractivity contribution in [2.75, 3.05) is 11.5 Å². The zero-order valence-corrected chi connectivity index (χ0v) is 11.4. The molecule has 1 aliphatic rings. The van der Waals surface area contributed by atoms with Crippen LogP contribution in [0.15, 0.2) is 18.2 Å². The first kappa shape index (κ1) is 13.1. The molecule has 1 aromatic carbocycles. The van der Waals surface area contributed by atoms with E-state index in [9.17, 15) is 13.2 Å². The van der Waals surface area contributed by atoms with Crippen LogP contribution in [0, 0.1) is 13.8 Å². The molecule has 0 aliphatic carbocycles. The molecule has 1 aliphatic heterocycles. The Bertz CT molecular complexity index is 578. The predicted molar refractivity (Wildman–Crippen MR) is 70.4 cm³/mol. The molecule has 5 heteroatoms. The fourth-order valence-electron chi connectivity index (χ4n) is 2.15. The monoisotopic (exact) mass is 267 g/mol. The van der Waals surface area contributed by atoms with Gasteiger partial charge in [-0.2, -0.15) is 0 Å². The minimum Gasteiger partial charge on any atom is -0.348 e. The lowest BCUT2D eigenvalue weighted by Crippen LogP contribution is -2.35. The average Bonchev–Trinajstić information content (AvgIpc) is 2.61. The second kappa shape index (κ2) is 4.72. The predicted octanol–water partition coefficient (Wildman–Crippen LogP) is 1.22. The Morgan fingerprint density at radius 2 is 2.06 bits per heavy atom. The molecular weight excluding hydrogens is 250 g/mol. The van der Waals surface area contributed by atoms with Crippen molar-refractivity contribution in [3.8, 4) is 0 Å². The van der Waals surface area contributed by atoms with Gasteiger partial charge in [0.2, 0.25) is 0 Å². The summed E-state index contributed by atoms with van der Waals surface area (Å²) < 4.78 is 22.7. The fourth-order valence-corrected chi connectivity index (χ4v) is 3.83. The molecule has 1 amide bonds. The number of carbonyl (C=O) groups is 1. The van der Waals surface area contributed by atoms with E-state index < -0.39 is 9.84 Å². The quantitative estimate of drug-likeness (QED) is 0.876. The van der Waals surface area contributed by atoms with Crippen LogP contribution in [0.4, 0.5) is 0 Å². The average molecular weight is 267 g/mol. The van der Waals surface area contributed by atoms with E-state index in [0.717, 1.165) is 11.1 Å². The van der Waals surface area contributed by atoms with Crippen LogP contribution in [0.3, 0.4) is 0 Å². The molecule has 0 spiro atoms. The van der Waals surface area contributed by atoms with Gasteiger partial charge in [0.1, 0.15) is 0 Å². The maximum Gasteiger partial charge on any atom is 0.251 e. The summed E-state index contributed by atoms with van der Waals surface area (Å²) in [6.07, 6.45) is 0.513. The van der Waals surface area contributed by atoms with Crippen LogP contribution in [-0.4, -0.2) is 31.9 Å². The van der Waals surface area contributed by atoms with Gasteiger partial charge in [-0.15, -0.1) is 0 Å². The van der Waals surface area contributed by atoms with Gasteiger partial charge in [-0.25, -0.2) is 8.42 Å². The molecule has 1 aromatic rings. The Balaban J connectivity index is 2.11. The van der Waals surface area contributed by atoms with Crippen molar-refractivity contribution in [1.82, 2.24) is 5.32 Å². The van der Waals surface area contributed by atoms with Gasteiger partial charge >= 0.3 is 0 Å². The molecule has 0 radical (unpaired) electrons. The Kier molecular flexibility index (Phi) is 3.43. The van der Waals surface area contributed by atoms with Crippen molar-refractivity contribution in [3.05, 3.63) is 34.9 Å². The number of carbonyl (C=O) groups excluding carboxylic acids is 1. The molecule has 0 bridgehead atoms. The van der Waals surface area contributed by atoms with Gasteiger partial charge in [-0.3, -0.25) is 4.79 Å². The highest BCUT2D eigenvalue weighted by molar-refractivity contribution is 7.91. The summed E-state index contributed by atoms with van der Waals surface area (Å²) >= 11 is 0. The van der Waals surface area contributed by atoms with Crippen molar-refractivity contribution < 1.29 is 13.2 Å². The number of amides is 1. The van der Waals surface area contributed by atoms with E-state index in [1.54, 1.807) is 0 Å². The molecule has 0 saturated carbocycles. The second-order valence-corrected chi connectivity index (χ2v) is 7.12. The van der Waals surface area contributed by atoms with Crippen molar-refractivity contribution in [1.29, 1.82) is 0 Å². The van der Waals surface area contributed by atoms with E-state index >= 15 is 0 Å². The summed E-state index contributed by atoms with van der Waals surface area (Å²) in [5, 5.41) is 2.80. The van der Waals surface area contributed by atoms with Crippen molar-refractivity contribution in [3.63, 3.8) is 0 Å². The number of aryl methyl sites for hydroxylation is 2. The Morgan fingerprint density at radius 3 is 2.67 bits per heavy atom. The third-order valence-electron chi connectivity index (χ3n) is 3.21. The van der Waals surface area contributed by atoms with Gasteiger partial charge in [0.05, 0.1) is 11.5 Å². The van der Waals surface area contributed by atoms with Crippen molar-refractivity contribution in [2.45, 2.75) is 26.3 Å². The molecular formula is C13H17NO3S. The van der Waals surface area contributed by atoms with Crippen LogP contribution in [0.1, 0.15) is 27.9 Å². The van der Waals surface area contributed by atoms with Gasteiger partial charge < -0.3 is 5.32 Å². The molecule has 1 fully saturated rings. The van der Waals surface area contributed by atoms with Crippen LogP contribution in [0.25, 0.3) is 0 Å². The summed E-state index contributed by atoms with van der Waals surface area (Å²) in [5.41, 5.74) is 2.54. The lowest BCUT2D eigenvalue weighted by molar-refractivity contribution is 0.0940. The highest BCUT2D eigenvalue weighted by Gasteiger charge is 2.29. The minimum absolute atomic E-state index is 0.0591. The highest BCUT2D eigenvalue weighted by Crippen LogP contribution is 2.14. The molecule has 0 aromatic heterocycles. The number of hydrogen-bond acceptors (Lipinski definition) is 3. The number of sulfone groups is 1. The van der Waals surface area contributed by atoms with E-state index in [4.69, 9.17) is 0 Å². The van der Waals surface area contributed by atoms with Gasteiger partial charge in [-0.1, -0.05) is 17.7 Å². The molecule has 1 N–H and O–H groups in total. The van der Waals surface area contributed by atoms with E-state index in [0.29, 0.717) is 12.0 Å². The van der Waals surface area contributed by atoms with Crippen molar-refractivity contribution in [2.24, 2.45) is 0 Å². The topological polar surface area (TPSA) is 63.2 Å². The van der Waals surface area contributed by atoms with Gasteiger partial charge in [0.15, 0.2) is 9.84 Å². The first-order chi connectivity index (χ1) is 8.37. The maximum atomic E-state index is 12.1. The summed E-state index contributed by atoms with van der Waals surface area (Å²) in [4.78, 5) is 12.1. The number of benzene rings is 1. The smallest absolute Gasteiger partial charge is 0.251 e. The second-order valence-electron chi connectivity index (χ2n) is 4.89. The van der Waals surface area contributed by atoms with Crippen LogP contribution in [0.2, 0.25) is 0 Å². The van der Waals surface area contributed by atoms with E-state index in [2.05, 4.69) is 5.32 Å². The molecule has 18 heavy (non-hydrogen) atoms. The van der Waals surface area contributed by atoms with E-state index in [1.807, 2.05) is 32.0 Å². The van der Waals surface area contributed by atoms with Crippen LogP contribution in [0.5, 0.6) is 0 Å². The molecule has 4 nitrogen and oxygen atoms in total. The Labute approximate surface area is 107 Å². The summed E-state index contributed by atoms with van der Waals surface area (Å²) in [5.74, 6) is 0.0484. The van der Waals surface area contributed by atoms with Gasteiger partial charge in [-0.05, 0) is 31.9 Å². The summed E-state index contributed by atoms with van der Waals surface area (Å²) in [6, 6.07) is 5.43. The SMILES string of the molecule is Cc1ccc(C)c(C(=O)NC2CCS(=O)(=O)C2)c1. The lowest BCUT2D eigenvalue weighted by Gasteiger charge is -2.12. The third-order valence-corrected chi connectivity index (χ3v) is 4.97. The maximum absolute atomic E-state index is 12.1. The summed E-state index contributed by atoms with van der Waals surface area (Å²) in [6.45, 7) is 3.80. The van der Waals surface area contributed by atoms with Gasteiger partial charge in [0, 0.05) is 11.6 Å². The van der Waals surface area contributed by atoms with Gasteiger partial charge in [0.25, 0.3) is 5.91 Å². The molecule has 1 heterocycles. The first-order valence-electron chi connectivity index (χ1n) is 5.96. The largest absolute Gasteiger partial charge is 0.348 e. The minimum atomic E-state index is -2.96. The number of hydrogen-bond donors (Lipinski definition) is 1.